The largest absolute Gasteiger partial charge is 0.354 e. The number of fused-ring (bicyclic) bond motifs is 1. The highest BCUT2D eigenvalue weighted by atomic mass is 16.2. The van der Waals surface area contributed by atoms with Gasteiger partial charge in [0.05, 0.1) is 11.7 Å². The zero-order valence-corrected chi connectivity index (χ0v) is 15.0. The van der Waals surface area contributed by atoms with Crippen molar-refractivity contribution in [3.8, 4) is 0 Å². The minimum Gasteiger partial charge on any atom is -0.354 e. The lowest BCUT2D eigenvalue weighted by atomic mass is 9.87. The van der Waals surface area contributed by atoms with Crippen molar-refractivity contribution in [1.29, 1.82) is 0 Å². The van der Waals surface area contributed by atoms with Gasteiger partial charge in [-0.05, 0) is 37.1 Å². The standard InChI is InChI=1S/C20H24N4O/c1-13-6-4-5-7-17(13)20-18-12-23(19-9-8-14(2)21-22-19)10-16(18)11-24(20)15(3)25/h4-9,16,18,20H,10-12H2,1-3H3/t16-,18-,20+/m1/s1. The van der Waals surface area contributed by atoms with E-state index in [9.17, 15) is 4.79 Å². The van der Waals surface area contributed by atoms with Crippen molar-refractivity contribution >= 4 is 11.7 Å². The maximum Gasteiger partial charge on any atom is 0.219 e. The summed E-state index contributed by atoms with van der Waals surface area (Å²) in [5, 5.41) is 8.55. The molecule has 25 heavy (non-hydrogen) atoms. The zero-order valence-electron chi connectivity index (χ0n) is 15.0. The van der Waals surface area contributed by atoms with Gasteiger partial charge in [-0.25, -0.2) is 0 Å². The first-order valence-electron chi connectivity index (χ1n) is 8.92. The van der Waals surface area contributed by atoms with Gasteiger partial charge in [-0.2, -0.15) is 5.10 Å². The lowest BCUT2D eigenvalue weighted by molar-refractivity contribution is -0.130. The second-order valence-electron chi connectivity index (χ2n) is 7.33. The minimum atomic E-state index is 0.159. The number of nitrogens with zero attached hydrogens (tertiary/aromatic N) is 4. The number of rotatable bonds is 2. The number of aromatic nitrogens is 2. The summed E-state index contributed by atoms with van der Waals surface area (Å²) in [7, 11) is 0. The van der Waals surface area contributed by atoms with Gasteiger partial charge in [0.2, 0.25) is 5.91 Å². The molecule has 0 unspecified atom stereocenters. The Morgan fingerprint density at radius 2 is 1.84 bits per heavy atom. The second-order valence-corrected chi connectivity index (χ2v) is 7.33. The SMILES string of the molecule is CC(=O)N1C[C@H]2CN(c3ccc(C)nn3)C[C@H]2[C@@H]1c1ccccc1C. The Labute approximate surface area is 148 Å². The first-order chi connectivity index (χ1) is 12.0. The molecule has 0 bridgehead atoms. The van der Waals surface area contributed by atoms with E-state index in [0.717, 1.165) is 31.1 Å². The van der Waals surface area contributed by atoms with Gasteiger partial charge >= 0.3 is 0 Å². The molecule has 2 aromatic rings. The molecule has 0 saturated carbocycles. The number of likely N-dealkylation sites (tertiary alicyclic amines) is 1. The van der Waals surface area contributed by atoms with E-state index in [-0.39, 0.29) is 11.9 Å². The number of hydrogen-bond acceptors (Lipinski definition) is 4. The van der Waals surface area contributed by atoms with Crippen LogP contribution < -0.4 is 4.90 Å². The average molecular weight is 336 g/mol. The third-order valence-corrected chi connectivity index (χ3v) is 5.68. The van der Waals surface area contributed by atoms with E-state index in [0.29, 0.717) is 11.8 Å². The zero-order chi connectivity index (χ0) is 17.6. The van der Waals surface area contributed by atoms with Crippen LogP contribution in [0.25, 0.3) is 0 Å². The van der Waals surface area contributed by atoms with Gasteiger partial charge in [-0.15, -0.1) is 5.10 Å². The summed E-state index contributed by atoms with van der Waals surface area (Å²) in [6.07, 6.45) is 0. The minimum absolute atomic E-state index is 0.159. The van der Waals surface area contributed by atoms with Crippen molar-refractivity contribution in [3.63, 3.8) is 0 Å². The lowest BCUT2D eigenvalue weighted by Gasteiger charge is -2.30. The molecule has 1 amide bonds. The number of aryl methyl sites for hydroxylation is 2. The van der Waals surface area contributed by atoms with Gasteiger partial charge in [0.15, 0.2) is 5.82 Å². The van der Waals surface area contributed by atoms with Crippen LogP contribution in [-0.4, -0.2) is 40.6 Å². The van der Waals surface area contributed by atoms with E-state index < -0.39 is 0 Å². The first-order valence-corrected chi connectivity index (χ1v) is 8.92. The van der Waals surface area contributed by atoms with Crippen molar-refractivity contribution in [1.82, 2.24) is 15.1 Å². The molecule has 0 N–H and O–H groups in total. The molecule has 0 radical (unpaired) electrons. The summed E-state index contributed by atoms with van der Waals surface area (Å²) < 4.78 is 0. The van der Waals surface area contributed by atoms with Gasteiger partial charge in [0, 0.05) is 38.4 Å². The van der Waals surface area contributed by atoms with Crippen molar-refractivity contribution in [2.24, 2.45) is 11.8 Å². The molecule has 5 nitrogen and oxygen atoms in total. The molecule has 130 valence electrons. The highest BCUT2D eigenvalue weighted by Gasteiger charge is 2.49. The van der Waals surface area contributed by atoms with Crippen LogP contribution in [0.1, 0.15) is 29.8 Å². The van der Waals surface area contributed by atoms with Crippen LogP contribution in [0.5, 0.6) is 0 Å². The highest BCUT2D eigenvalue weighted by Crippen LogP contribution is 2.46. The monoisotopic (exact) mass is 336 g/mol. The maximum absolute atomic E-state index is 12.3. The Balaban J connectivity index is 1.64. The summed E-state index contributed by atoms with van der Waals surface area (Å²) in [4.78, 5) is 16.6. The fraction of sp³-hybridized carbons (Fsp3) is 0.450. The summed E-state index contributed by atoms with van der Waals surface area (Å²) >= 11 is 0. The average Bonchev–Trinajstić information content (AvgIpc) is 3.14. The van der Waals surface area contributed by atoms with Gasteiger partial charge in [0.25, 0.3) is 0 Å². The normalized spacial score (nSPS) is 25.3. The molecule has 1 aromatic carbocycles. The Morgan fingerprint density at radius 1 is 1.04 bits per heavy atom. The topological polar surface area (TPSA) is 49.3 Å². The number of carbonyl (C=O) groups excluding carboxylic acids is 1. The molecule has 2 fully saturated rings. The van der Waals surface area contributed by atoms with Crippen molar-refractivity contribution in [2.75, 3.05) is 24.5 Å². The molecule has 4 rings (SSSR count). The van der Waals surface area contributed by atoms with Crippen molar-refractivity contribution in [2.45, 2.75) is 26.8 Å². The molecule has 3 heterocycles. The molecule has 2 saturated heterocycles. The second kappa shape index (κ2) is 6.14. The molecule has 3 atom stereocenters. The Hall–Kier alpha value is -2.43. The number of benzene rings is 1. The number of carbonyl (C=O) groups is 1. The number of amides is 1. The fourth-order valence-corrected chi connectivity index (χ4v) is 4.43. The first kappa shape index (κ1) is 16.1. The predicted octanol–water partition coefficient (Wildman–Crippen LogP) is 2.75. The smallest absolute Gasteiger partial charge is 0.219 e. The fourth-order valence-electron chi connectivity index (χ4n) is 4.43. The highest BCUT2D eigenvalue weighted by molar-refractivity contribution is 5.74. The molecule has 5 heteroatoms. The quantitative estimate of drug-likeness (QED) is 0.846. The van der Waals surface area contributed by atoms with E-state index in [2.05, 4.69) is 57.3 Å². The Morgan fingerprint density at radius 3 is 2.52 bits per heavy atom. The molecular formula is C20H24N4O. The van der Waals surface area contributed by atoms with Gasteiger partial charge in [-0.3, -0.25) is 4.79 Å². The summed E-state index contributed by atoms with van der Waals surface area (Å²) in [5.74, 6) is 2.03. The van der Waals surface area contributed by atoms with E-state index >= 15 is 0 Å². The third kappa shape index (κ3) is 2.77. The van der Waals surface area contributed by atoms with Crippen LogP contribution in [0, 0.1) is 25.7 Å². The van der Waals surface area contributed by atoms with Crippen LogP contribution in [0.15, 0.2) is 36.4 Å². The third-order valence-electron chi connectivity index (χ3n) is 5.68. The summed E-state index contributed by atoms with van der Waals surface area (Å²) in [5.41, 5.74) is 3.47. The van der Waals surface area contributed by atoms with Crippen LogP contribution in [-0.2, 0) is 4.79 Å². The van der Waals surface area contributed by atoms with Gasteiger partial charge in [0.1, 0.15) is 0 Å². The van der Waals surface area contributed by atoms with Crippen LogP contribution in [0.2, 0.25) is 0 Å². The molecule has 2 aliphatic heterocycles. The van der Waals surface area contributed by atoms with Crippen LogP contribution in [0.4, 0.5) is 5.82 Å². The lowest BCUT2D eigenvalue weighted by Crippen LogP contribution is -2.34. The van der Waals surface area contributed by atoms with Crippen LogP contribution in [0.3, 0.4) is 0 Å². The number of hydrogen-bond donors (Lipinski definition) is 0. The van der Waals surface area contributed by atoms with E-state index in [1.54, 1.807) is 6.92 Å². The Kier molecular flexibility index (Phi) is 3.94. The van der Waals surface area contributed by atoms with E-state index in [1.807, 2.05) is 13.0 Å². The van der Waals surface area contributed by atoms with Gasteiger partial charge < -0.3 is 9.80 Å². The summed E-state index contributed by atoms with van der Waals surface area (Å²) in [6.45, 7) is 8.47. The van der Waals surface area contributed by atoms with Crippen molar-refractivity contribution in [3.05, 3.63) is 53.2 Å². The van der Waals surface area contributed by atoms with E-state index in [4.69, 9.17) is 0 Å². The molecular weight excluding hydrogens is 312 g/mol. The maximum atomic E-state index is 12.3. The van der Waals surface area contributed by atoms with Crippen LogP contribution >= 0.6 is 0 Å². The number of anilines is 1. The molecule has 0 spiro atoms. The van der Waals surface area contributed by atoms with Gasteiger partial charge in [-0.1, -0.05) is 24.3 Å². The molecule has 2 aliphatic rings. The predicted molar refractivity (Wildman–Crippen MR) is 97.3 cm³/mol. The van der Waals surface area contributed by atoms with Crippen molar-refractivity contribution < 1.29 is 4.79 Å². The molecule has 0 aliphatic carbocycles. The Bertz CT molecular complexity index is 789. The molecule has 1 aromatic heterocycles. The summed E-state index contributed by atoms with van der Waals surface area (Å²) in [6, 6.07) is 12.7. The van der Waals surface area contributed by atoms with E-state index in [1.165, 1.54) is 11.1 Å².